The molecule has 3 rings (SSSR count). The maximum absolute atomic E-state index is 12.4. The van der Waals surface area contributed by atoms with E-state index in [9.17, 15) is 14.7 Å². The normalized spacial score (nSPS) is 21.6. The van der Waals surface area contributed by atoms with E-state index in [1.54, 1.807) is 11.1 Å². The number of hydrogen-bond acceptors (Lipinski definition) is 4. The number of carbonyl (C=O) groups excluding carboxylic acids is 1. The molecule has 2 unspecified atom stereocenters. The second kappa shape index (κ2) is 6.95. The molecule has 2 aromatic heterocycles. The summed E-state index contributed by atoms with van der Waals surface area (Å²) in [4.78, 5) is 26.7. The number of aryl methyl sites for hydroxylation is 1. The third-order valence-electron chi connectivity index (χ3n) is 4.20. The number of aromatic nitrogens is 2. The first-order valence-electron chi connectivity index (χ1n) is 7.70. The van der Waals surface area contributed by atoms with Gasteiger partial charge in [-0.25, -0.2) is 0 Å². The van der Waals surface area contributed by atoms with Gasteiger partial charge in [-0.2, -0.15) is 5.10 Å². The van der Waals surface area contributed by atoms with Crippen molar-refractivity contribution in [1.29, 1.82) is 0 Å². The number of carboxylic acid groups (broad SMARTS) is 1. The summed E-state index contributed by atoms with van der Waals surface area (Å²) in [6.07, 6.45) is 5.07. The molecule has 122 valence electrons. The van der Waals surface area contributed by atoms with E-state index in [2.05, 4.69) is 5.10 Å². The Hall–Kier alpha value is -2.15. The molecule has 23 heavy (non-hydrogen) atoms. The number of carbonyl (C=O) groups is 2. The van der Waals surface area contributed by atoms with E-state index in [0.717, 1.165) is 11.3 Å². The zero-order valence-electron chi connectivity index (χ0n) is 12.7. The average Bonchev–Trinajstić information content (AvgIpc) is 3.21. The molecule has 1 saturated heterocycles. The molecule has 2 atom stereocenters. The predicted molar refractivity (Wildman–Crippen MR) is 86.0 cm³/mol. The molecule has 2 aromatic rings. The van der Waals surface area contributed by atoms with Crippen LogP contribution in [-0.2, 0) is 16.1 Å². The average molecular weight is 333 g/mol. The first kappa shape index (κ1) is 15.7. The molecule has 0 bridgehead atoms. The van der Waals surface area contributed by atoms with Crippen LogP contribution in [0.2, 0.25) is 0 Å². The maximum atomic E-state index is 12.4. The summed E-state index contributed by atoms with van der Waals surface area (Å²) >= 11 is 1.51. The van der Waals surface area contributed by atoms with Crippen LogP contribution in [0.25, 0.3) is 0 Å². The lowest BCUT2D eigenvalue weighted by atomic mass is 9.87. The van der Waals surface area contributed by atoms with E-state index in [1.165, 1.54) is 11.3 Å². The van der Waals surface area contributed by atoms with Crippen molar-refractivity contribution in [3.05, 3.63) is 40.8 Å². The summed E-state index contributed by atoms with van der Waals surface area (Å²) in [5, 5.41) is 15.6. The first-order valence-corrected chi connectivity index (χ1v) is 8.58. The zero-order valence-corrected chi connectivity index (χ0v) is 13.5. The number of likely N-dealkylation sites (tertiary alicyclic amines) is 1. The third kappa shape index (κ3) is 3.44. The van der Waals surface area contributed by atoms with Crippen molar-refractivity contribution in [2.24, 2.45) is 5.92 Å². The van der Waals surface area contributed by atoms with Gasteiger partial charge in [-0.05, 0) is 30.4 Å². The SMILES string of the molecule is O=C(O)C1CCC(=O)N(CCCn2cccn2)C1c1cccs1. The van der Waals surface area contributed by atoms with Crippen molar-refractivity contribution in [3.63, 3.8) is 0 Å². The van der Waals surface area contributed by atoms with Gasteiger partial charge in [0.1, 0.15) is 0 Å². The van der Waals surface area contributed by atoms with Gasteiger partial charge in [-0.1, -0.05) is 6.07 Å². The van der Waals surface area contributed by atoms with E-state index in [1.807, 2.05) is 34.5 Å². The van der Waals surface area contributed by atoms with E-state index >= 15 is 0 Å². The first-order chi connectivity index (χ1) is 11.2. The lowest BCUT2D eigenvalue weighted by Gasteiger charge is -2.39. The van der Waals surface area contributed by atoms with Crippen molar-refractivity contribution in [2.75, 3.05) is 6.54 Å². The molecule has 7 heteroatoms. The van der Waals surface area contributed by atoms with Gasteiger partial charge in [0.25, 0.3) is 0 Å². The van der Waals surface area contributed by atoms with Gasteiger partial charge >= 0.3 is 5.97 Å². The quantitative estimate of drug-likeness (QED) is 0.881. The molecule has 6 nitrogen and oxygen atoms in total. The summed E-state index contributed by atoms with van der Waals surface area (Å²) in [6, 6.07) is 5.33. The molecule has 1 N–H and O–H groups in total. The number of amides is 1. The molecule has 3 heterocycles. The molecule has 0 saturated carbocycles. The number of rotatable bonds is 6. The van der Waals surface area contributed by atoms with Crippen LogP contribution in [-0.4, -0.2) is 38.2 Å². The fourth-order valence-electron chi connectivity index (χ4n) is 3.12. The number of aliphatic carboxylic acids is 1. The van der Waals surface area contributed by atoms with Crippen molar-refractivity contribution >= 4 is 23.2 Å². The van der Waals surface area contributed by atoms with Gasteiger partial charge < -0.3 is 10.0 Å². The van der Waals surface area contributed by atoms with Crippen LogP contribution in [0.1, 0.15) is 30.2 Å². The topological polar surface area (TPSA) is 75.4 Å². The Kier molecular flexibility index (Phi) is 4.76. The molecular weight excluding hydrogens is 314 g/mol. The predicted octanol–water partition coefficient (Wildman–Crippen LogP) is 2.40. The largest absolute Gasteiger partial charge is 0.481 e. The molecule has 0 aromatic carbocycles. The van der Waals surface area contributed by atoms with Crippen LogP contribution >= 0.6 is 11.3 Å². The van der Waals surface area contributed by atoms with Gasteiger partial charge in [0.15, 0.2) is 0 Å². The minimum atomic E-state index is -0.826. The highest BCUT2D eigenvalue weighted by Crippen LogP contribution is 2.38. The highest BCUT2D eigenvalue weighted by atomic mass is 32.1. The number of carboxylic acids is 1. The molecule has 1 aliphatic rings. The summed E-state index contributed by atoms with van der Waals surface area (Å²) in [7, 11) is 0. The minimum absolute atomic E-state index is 0.0429. The molecule has 0 aliphatic carbocycles. The van der Waals surface area contributed by atoms with E-state index in [-0.39, 0.29) is 11.9 Å². The minimum Gasteiger partial charge on any atom is -0.481 e. The lowest BCUT2D eigenvalue weighted by Crippen LogP contribution is -2.45. The van der Waals surface area contributed by atoms with Gasteiger partial charge in [0.2, 0.25) is 5.91 Å². The Morgan fingerprint density at radius 3 is 2.91 bits per heavy atom. The van der Waals surface area contributed by atoms with Gasteiger partial charge in [0.05, 0.1) is 12.0 Å². The Labute approximate surface area is 138 Å². The highest BCUT2D eigenvalue weighted by molar-refractivity contribution is 7.10. The fourth-order valence-corrected chi connectivity index (χ4v) is 4.02. The maximum Gasteiger partial charge on any atom is 0.308 e. The number of thiophene rings is 1. The van der Waals surface area contributed by atoms with Crippen LogP contribution in [0.3, 0.4) is 0 Å². The summed E-state index contributed by atoms with van der Waals surface area (Å²) in [5.41, 5.74) is 0. The molecule has 1 amide bonds. The van der Waals surface area contributed by atoms with E-state index < -0.39 is 11.9 Å². The number of piperidine rings is 1. The van der Waals surface area contributed by atoms with E-state index in [0.29, 0.717) is 25.9 Å². The Bertz CT molecular complexity index is 654. The Balaban J connectivity index is 1.75. The number of nitrogens with zero attached hydrogens (tertiary/aromatic N) is 3. The second-order valence-electron chi connectivity index (χ2n) is 5.65. The van der Waals surface area contributed by atoms with Gasteiger partial charge in [0, 0.05) is 36.8 Å². The molecule has 1 fully saturated rings. The van der Waals surface area contributed by atoms with Crippen molar-refractivity contribution < 1.29 is 14.7 Å². The van der Waals surface area contributed by atoms with Crippen molar-refractivity contribution in [2.45, 2.75) is 31.8 Å². The van der Waals surface area contributed by atoms with Crippen LogP contribution < -0.4 is 0 Å². The lowest BCUT2D eigenvalue weighted by molar-refractivity contribution is -0.152. The fraction of sp³-hybridized carbons (Fsp3) is 0.438. The van der Waals surface area contributed by atoms with Crippen LogP contribution in [0.15, 0.2) is 36.0 Å². The van der Waals surface area contributed by atoms with Crippen molar-refractivity contribution in [1.82, 2.24) is 14.7 Å². The molecule has 0 radical (unpaired) electrons. The summed E-state index contributed by atoms with van der Waals surface area (Å²) in [5.74, 6) is -1.31. The Morgan fingerprint density at radius 2 is 2.26 bits per heavy atom. The van der Waals surface area contributed by atoms with Gasteiger partial charge in [-0.15, -0.1) is 11.3 Å². The number of hydrogen-bond donors (Lipinski definition) is 1. The standard InChI is InChI=1S/C16H19N3O3S/c20-14-6-5-12(16(21)22)15(13-4-1-11-23-13)19(14)10-3-9-18-8-2-7-17-18/h1-2,4,7-8,11-12,15H,3,5-6,9-10H2,(H,21,22). The highest BCUT2D eigenvalue weighted by Gasteiger charge is 2.40. The molecule has 0 spiro atoms. The monoisotopic (exact) mass is 333 g/mol. The van der Waals surface area contributed by atoms with Crippen LogP contribution in [0, 0.1) is 5.92 Å². The zero-order chi connectivity index (χ0) is 16.2. The molecule has 1 aliphatic heterocycles. The Morgan fingerprint density at radius 1 is 1.39 bits per heavy atom. The molecular formula is C16H19N3O3S. The van der Waals surface area contributed by atoms with Crippen LogP contribution in [0.5, 0.6) is 0 Å². The summed E-state index contributed by atoms with van der Waals surface area (Å²) < 4.78 is 1.82. The summed E-state index contributed by atoms with van der Waals surface area (Å²) in [6.45, 7) is 1.26. The van der Waals surface area contributed by atoms with E-state index in [4.69, 9.17) is 0 Å². The second-order valence-corrected chi connectivity index (χ2v) is 6.63. The van der Waals surface area contributed by atoms with Gasteiger partial charge in [-0.3, -0.25) is 14.3 Å². The third-order valence-corrected chi connectivity index (χ3v) is 5.15. The van der Waals surface area contributed by atoms with Crippen molar-refractivity contribution in [3.8, 4) is 0 Å². The smallest absolute Gasteiger partial charge is 0.308 e. The van der Waals surface area contributed by atoms with Crippen LogP contribution in [0.4, 0.5) is 0 Å².